The van der Waals surface area contributed by atoms with Crippen LogP contribution in [0, 0.1) is 0 Å². The van der Waals surface area contributed by atoms with Gasteiger partial charge < -0.3 is 10.2 Å². The smallest absolute Gasteiger partial charge is 0.336 e. The van der Waals surface area contributed by atoms with E-state index in [4.69, 9.17) is 5.11 Å². The number of hydrogen-bond acceptors (Lipinski definition) is 2. The summed E-state index contributed by atoms with van der Waals surface area (Å²) < 4.78 is 0. The molecule has 3 heteroatoms. The molecule has 0 bridgehead atoms. The fourth-order valence-electron chi connectivity index (χ4n) is 1.67. The zero-order chi connectivity index (χ0) is 12.7. The van der Waals surface area contributed by atoms with Crippen LogP contribution in [0.2, 0.25) is 0 Å². The molecule has 0 aliphatic carbocycles. The van der Waals surface area contributed by atoms with Crippen LogP contribution in [0.5, 0.6) is 0 Å². The molecule has 1 aromatic rings. The fraction of sp³-hybridized carbons (Fsp3) is 0.357. The summed E-state index contributed by atoms with van der Waals surface area (Å²) in [5.41, 5.74) is 1.43. The second-order valence-corrected chi connectivity index (χ2v) is 3.88. The summed E-state index contributed by atoms with van der Waals surface area (Å²) >= 11 is 0. The highest BCUT2D eigenvalue weighted by Crippen LogP contribution is 2.17. The summed E-state index contributed by atoms with van der Waals surface area (Å²) in [6.07, 6.45) is 7.12. The maximum atomic E-state index is 11.0. The van der Waals surface area contributed by atoms with Gasteiger partial charge in [0, 0.05) is 0 Å². The Balaban J connectivity index is 2.95. The van der Waals surface area contributed by atoms with Gasteiger partial charge in [-0.3, -0.25) is 0 Å². The van der Waals surface area contributed by atoms with Crippen molar-refractivity contribution in [3.05, 3.63) is 41.0 Å². The van der Waals surface area contributed by atoms with E-state index in [9.17, 15) is 9.90 Å². The first-order valence-corrected chi connectivity index (χ1v) is 5.83. The number of aliphatic hydroxyl groups excluding tert-OH is 1. The van der Waals surface area contributed by atoms with Crippen LogP contribution in [0.3, 0.4) is 0 Å². The van der Waals surface area contributed by atoms with Crippen molar-refractivity contribution < 1.29 is 15.0 Å². The van der Waals surface area contributed by atoms with E-state index in [-0.39, 0.29) is 12.2 Å². The van der Waals surface area contributed by atoms with Crippen LogP contribution in [0.4, 0.5) is 0 Å². The van der Waals surface area contributed by atoms with E-state index in [2.05, 4.69) is 6.92 Å². The third kappa shape index (κ3) is 3.71. The number of aliphatic hydroxyl groups is 1. The number of carboxylic acids is 1. The van der Waals surface area contributed by atoms with Crippen molar-refractivity contribution in [1.82, 2.24) is 0 Å². The Labute approximate surface area is 101 Å². The van der Waals surface area contributed by atoms with Gasteiger partial charge in [-0.1, -0.05) is 44.1 Å². The molecule has 0 saturated carbocycles. The number of unbranched alkanes of at least 4 members (excludes halogenated alkanes) is 2. The molecular weight excluding hydrogens is 216 g/mol. The zero-order valence-electron chi connectivity index (χ0n) is 10.0. The van der Waals surface area contributed by atoms with Gasteiger partial charge in [0.05, 0.1) is 12.2 Å². The maximum Gasteiger partial charge on any atom is 0.336 e. The van der Waals surface area contributed by atoms with Crippen LogP contribution in [-0.4, -0.2) is 16.2 Å². The van der Waals surface area contributed by atoms with Crippen LogP contribution in [-0.2, 0) is 6.61 Å². The molecule has 0 heterocycles. The van der Waals surface area contributed by atoms with Gasteiger partial charge in [0.15, 0.2) is 0 Å². The van der Waals surface area contributed by atoms with Crippen LogP contribution in [0.15, 0.2) is 24.3 Å². The molecule has 1 rings (SSSR count). The molecule has 0 fully saturated rings. The number of benzene rings is 1. The van der Waals surface area contributed by atoms with E-state index in [0.29, 0.717) is 5.56 Å². The van der Waals surface area contributed by atoms with Crippen LogP contribution in [0.1, 0.15) is 47.7 Å². The molecule has 0 aliphatic heterocycles. The highest BCUT2D eigenvalue weighted by Gasteiger charge is 2.11. The molecule has 0 unspecified atom stereocenters. The summed E-state index contributed by atoms with van der Waals surface area (Å²) in [5.74, 6) is -1.00. The molecule has 1 aromatic carbocycles. The summed E-state index contributed by atoms with van der Waals surface area (Å²) in [5, 5.41) is 18.2. The standard InChI is InChI=1S/C14H18O3/c1-2-3-4-5-7-11-8-6-9-12(14(16)17)13(11)10-15/h5-9,15H,2-4,10H2,1H3,(H,16,17)/b7-5-. The predicted octanol–water partition coefficient (Wildman–Crippen LogP) is 3.08. The number of hydrogen-bond donors (Lipinski definition) is 2. The Hall–Kier alpha value is -1.61. The highest BCUT2D eigenvalue weighted by atomic mass is 16.4. The zero-order valence-corrected chi connectivity index (χ0v) is 10.0. The molecule has 0 amide bonds. The highest BCUT2D eigenvalue weighted by molar-refractivity contribution is 5.90. The fourth-order valence-corrected chi connectivity index (χ4v) is 1.67. The maximum absolute atomic E-state index is 11.0. The largest absolute Gasteiger partial charge is 0.478 e. The lowest BCUT2D eigenvalue weighted by molar-refractivity contribution is 0.0693. The topological polar surface area (TPSA) is 57.5 Å². The first-order chi connectivity index (χ1) is 8.20. The minimum atomic E-state index is -1.00. The number of rotatable bonds is 6. The molecule has 92 valence electrons. The molecule has 17 heavy (non-hydrogen) atoms. The summed E-state index contributed by atoms with van der Waals surface area (Å²) in [6.45, 7) is 1.87. The number of carboxylic acid groups (broad SMARTS) is 1. The van der Waals surface area contributed by atoms with Crippen molar-refractivity contribution in [2.75, 3.05) is 0 Å². The van der Waals surface area contributed by atoms with Gasteiger partial charge in [0.1, 0.15) is 0 Å². The minimum absolute atomic E-state index is 0.171. The number of aromatic carboxylic acids is 1. The Kier molecular flexibility index (Phi) is 5.43. The molecule has 2 N–H and O–H groups in total. The Bertz CT molecular complexity index is 408. The van der Waals surface area contributed by atoms with E-state index >= 15 is 0 Å². The molecular formula is C14H18O3. The monoisotopic (exact) mass is 234 g/mol. The third-order valence-corrected chi connectivity index (χ3v) is 2.62. The van der Waals surface area contributed by atoms with E-state index in [1.165, 1.54) is 6.07 Å². The third-order valence-electron chi connectivity index (χ3n) is 2.62. The lowest BCUT2D eigenvalue weighted by Gasteiger charge is -2.06. The SMILES string of the molecule is CCCC/C=C\c1cccc(C(=O)O)c1CO. The summed E-state index contributed by atoms with van der Waals surface area (Å²) in [6, 6.07) is 5.03. The summed E-state index contributed by atoms with van der Waals surface area (Å²) in [4.78, 5) is 11.0. The van der Waals surface area contributed by atoms with Crippen molar-refractivity contribution >= 4 is 12.0 Å². The molecule has 3 nitrogen and oxygen atoms in total. The van der Waals surface area contributed by atoms with Crippen molar-refractivity contribution in [3.8, 4) is 0 Å². The normalized spacial score (nSPS) is 10.9. The van der Waals surface area contributed by atoms with E-state index in [0.717, 1.165) is 24.8 Å². The predicted molar refractivity (Wildman–Crippen MR) is 67.9 cm³/mol. The number of allylic oxidation sites excluding steroid dienone is 1. The molecule has 0 radical (unpaired) electrons. The summed E-state index contributed by atoms with van der Waals surface area (Å²) in [7, 11) is 0. The Morgan fingerprint density at radius 1 is 1.41 bits per heavy atom. The average Bonchev–Trinajstić information content (AvgIpc) is 2.34. The molecule has 0 aromatic heterocycles. The minimum Gasteiger partial charge on any atom is -0.478 e. The van der Waals surface area contributed by atoms with E-state index < -0.39 is 5.97 Å². The molecule has 0 spiro atoms. The van der Waals surface area contributed by atoms with Crippen LogP contribution >= 0.6 is 0 Å². The molecule has 0 saturated heterocycles. The van der Waals surface area contributed by atoms with Crippen molar-refractivity contribution in [2.45, 2.75) is 32.8 Å². The Morgan fingerprint density at radius 3 is 2.76 bits per heavy atom. The van der Waals surface area contributed by atoms with Crippen molar-refractivity contribution in [1.29, 1.82) is 0 Å². The average molecular weight is 234 g/mol. The molecule has 0 atom stereocenters. The van der Waals surface area contributed by atoms with Gasteiger partial charge in [-0.2, -0.15) is 0 Å². The Morgan fingerprint density at radius 2 is 2.18 bits per heavy atom. The van der Waals surface area contributed by atoms with Gasteiger partial charge in [-0.25, -0.2) is 4.79 Å². The van der Waals surface area contributed by atoms with Crippen molar-refractivity contribution in [3.63, 3.8) is 0 Å². The van der Waals surface area contributed by atoms with Crippen LogP contribution < -0.4 is 0 Å². The van der Waals surface area contributed by atoms with Gasteiger partial charge in [0.25, 0.3) is 0 Å². The van der Waals surface area contributed by atoms with Gasteiger partial charge >= 0.3 is 5.97 Å². The first-order valence-electron chi connectivity index (χ1n) is 5.83. The van der Waals surface area contributed by atoms with Gasteiger partial charge in [-0.05, 0) is 23.6 Å². The van der Waals surface area contributed by atoms with Crippen LogP contribution in [0.25, 0.3) is 6.08 Å². The second kappa shape index (κ2) is 6.86. The van der Waals surface area contributed by atoms with Gasteiger partial charge in [-0.15, -0.1) is 0 Å². The first kappa shape index (κ1) is 13.5. The van der Waals surface area contributed by atoms with Gasteiger partial charge in [0.2, 0.25) is 0 Å². The lowest BCUT2D eigenvalue weighted by atomic mass is 10.0. The van der Waals surface area contributed by atoms with E-state index in [1.54, 1.807) is 6.07 Å². The molecule has 0 aliphatic rings. The lowest BCUT2D eigenvalue weighted by Crippen LogP contribution is -2.04. The number of carbonyl (C=O) groups is 1. The van der Waals surface area contributed by atoms with E-state index in [1.807, 2.05) is 18.2 Å². The van der Waals surface area contributed by atoms with Crippen molar-refractivity contribution in [2.24, 2.45) is 0 Å². The quantitative estimate of drug-likeness (QED) is 0.744. The second-order valence-electron chi connectivity index (χ2n) is 3.88.